The number of fused-ring (bicyclic) bond motifs is 1. The summed E-state index contributed by atoms with van der Waals surface area (Å²) in [5.74, 6) is 2.24. The van der Waals surface area contributed by atoms with Crippen LogP contribution in [0.1, 0.15) is 22.6 Å². The Hall–Kier alpha value is -1.72. The van der Waals surface area contributed by atoms with E-state index in [0.29, 0.717) is 0 Å². The Morgan fingerprint density at radius 3 is 2.33 bits per heavy atom. The predicted molar refractivity (Wildman–Crippen MR) is 89.9 cm³/mol. The van der Waals surface area contributed by atoms with Crippen LogP contribution >= 0.6 is 0 Å². The average Bonchev–Trinajstić information content (AvgIpc) is 3.16. The van der Waals surface area contributed by atoms with Gasteiger partial charge in [-0.25, -0.2) is 4.39 Å². The molecule has 0 spiro atoms. The lowest BCUT2D eigenvalue weighted by Crippen LogP contribution is -2.28. The number of nitrogens with zero attached hydrogens (tertiary/aromatic N) is 3. The summed E-state index contributed by atoms with van der Waals surface area (Å²) in [6.45, 7) is 10.3. The van der Waals surface area contributed by atoms with Crippen molar-refractivity contribution in [1.29, 1.82) is 0 Å². The second-order valence-corrected chi connectivity index (χ2v) is 7.34. The lowest BCUT2D eigenvalue weighted by Gasteiger charge is -2.21. The average molecular weight is 329 g/mol. The fourth-order valence-corrected chi connectivity index (χ4v) is 4.29. The van der Waals surface area contributed by atoms with Crippen LogP contribution in [0, 0.1) is 31.5 Å². The quantitative estimate of drug-likeness (QED) is 0.863. The topological polar surface area (TPSA) is 32.5 Å². The first-order chi connectivity index (χ1) is 11.6. The highest BCUT2D eigenvalue weighted by Crippen LogP contribution is 2.33. The Morgan fingerprint density at radius 1 is 1.08 bits per heavy atom. The molecule has 4 rings (SSSR count). The molecule has 2 aromatic rings. The molecule has 24 heavy (non-hydrogen) atoms. The minimum absolute atomic E-state index is 0.141. The van der Waals surface area contributed by atoms with Gasteiger partial charge in [0.1, 0.15) is 11.6 Å². The van der Waals surface area contributed by atoms with E-state index < -0.39 is 0 Å². The van der Waals surface area contributed by atoms with E-state index >= 15 is 0 Å². The zero-order valence-electron chi connectivity index (χ0n) is 14.3. The second kappa shape index (κ2) is 6.30. The Labute approximate surface area is 142 Å². The van der Waals surface area contributed by atoms with Gasteiger partial charge in [0, 0.05) is 44.8 Å². The third-order valence-electron chi connectivity index (χ3n) is 5.50. The normalized spacial score (nSPS) is 24.6. The van der Waals surface area contributed by atoms with Gasteiger partial charge in [-0.05, 0) is 43.4 Å². The molecule has 128 valence electrons. The third kappa shape index (κ3) is 3.10. The maximum atomic E-state index is 13.3. The smallest absolute Gasteiger partial charge is 0.138 e. The molecule has 2 aliphatic heterocycles. The van der Waals surface area contributed by atoms with Crippen molar-refractivity contribution in [3.63, 3.8) is 0 Å². The number of halogens is 1. The summed E-state index contributed by atoms with van der Waals surface area (Å²) < 4.78 is 18.6. The molecule has 0 radical (unpaired) electrons. The molecule has 2 atom stereocenters. The molecule has 1 aromatic carbocycles. The van der Waals surface area contributed by atoms with Crippen molar-refractivity contribution in [2.45, 2.75) is 26.9 Å². The molecule has 0 bridgehead atoms. The summed E-state index contributed by atoms with van der Waals surface area (Å²) in [6.07, 6.45) is 0. The molecule has 0 saturated carbocycles. The van der Waals surface area contributed by atoms with Crippen molar-refractivity contribution in [2.75, 3.05) is 26.2 Å². The van der Waals surface area contributed by atoms with E-state index in [4.69, 9.17) is 4.52 Å². The minimum atomic E-state index is -0.141. The first-order valence-corrected chi connectivity index (χ1v) is 8.69. The first-order valence-electron chi connectivity index (χ1n) is 8.69. The van der Waals surface area contributed by atoms with Gasteiger partial charge < -0.3 is 4.52 Å². The number of hydrogen-bond acceptors (Lipinski definition) is 4. The lowest BCUT2D eigenvalue weighted by atomic mass is 10.0. The van der Waals surface area contributed by atoms with Gasteiger partial charge in [0.05, 0.1) is 5.69 Å². The van der Waals surface area contributed by atoms with Crippen molar-refractivity contribution in [2.24, 2.45) is 11.8 Å². The molecular formula is C19H24FN3O. The Bertz CT molecular complexity index is 696. The standard InChI is InChI=1S/C19H24FN3O/c1-13-19(14(2)24-21-13)12-23-10-16-8-22(9-17(16)11-23)7-15-4-3-5-18(20)6-15/h3-6,16-17H,7-12H2,1-2H3. The molecule has 0 N–H and O–H groups in total. The molecule has 3 heterocycles. The van der Waals surface area contributed by atoms with E-state index in [2.05, 4.69) is 15.0 Å². The molecular weight excluding hydrogens is 305 g/mol. The van der Waals surface area contributed by atoms with Gasteiger partial charge in [0.2, 0.25) is 0 Å². The van der Waals surface area contributed by atoms with E-state index in [-0.39, 0.29) is 5.82 Å². The predicted octanol–water partition coefficient (Wildman–Crippen LogP) is 2.99. The van der Waals surface area contributed by atoms with Crippen molar-refractivity contribution in [1.82, 2.24) is 15.0 Å². The van der Waals surface area contributed by atoms with E-state index in [9.17, 15) is 4.39 Å². The first kappa shape index (κ1) is 15.8. The van der Waals surface area contributed by atoms with Crippen molar-refractivity contribution in [3.05, 3.63) is 52.7 Å². The van der Waals surface area contributed by atoms with Crippen molar-refractivity contribution >= 4 is 0 Å². The van der Waals surface area contributed by atoms with Gasteiger partial charge in [-0.1, -0.05) is 17.3 Å². The van der Waals surface area contributed by atoms with Crippen LogP contribution in [-0.4, -0.2) is 41.1 Å². The number of aryl methyl sites for hydroxylation is 2. The van der Waals surface area contributed by atoms with Gasteiger partial charge in [0.25, 0.3) is 0 Å². The molecule has 5 heteroatoms. The fraction of sp³-hybridized carbons (Fsp3) is 0.526. The largest absolute Gasteiger partial charge is 0.361 e. The molecule has 2 saturated heterocycles. The zero-order valence-corrected chi connectivity index (χ0v) is 14.3. The van der Waals surface area contributed by atoms with Crippen LogP contribution in [0.4, 0.5) is 4.39 Å². The van der Waals surface area contributed by atoms with Gasteiger partial charge in [0.15, 0.2) is 0 Å². The molecule has 1 aromatic heterocycles. The highest BCUT2D eigenvalue weighted by Gasteiger charge is 2.40. The monoisotopic (exact) mass is 329 g/mol. The summed E-state index contributed by atoms with van der Waals surface area (Å²) in [7, 11) is 0. The van der Waals surface area contributed by atoms with E-state index in [1.165, 1.54) is 11.6 Å². The van der Waals surface area contributed by atoms with Gasteiger partial charge in [-0.3, -0.25) is 9.80 Å². The van der Waals surface area contributed by atoms with Crippen molar-refractivity contribution in [3.8, 4) is 0 Å². The van der Waals surface area contributed by atoms with Crippen LogP contribution in [-0.2, 0) is 13.1 Å². The summed E-state index contributed by atoms with van der Waals surface area (Å²) in [5, 5.41) is 4.06. The zero-order chi connectivity index (χ0) is 16.7. The van der Waals surface area contributed by atoms with Crippen molar-refractivity contribution < 1.29 is 8.91 Å². The van der Waals surface area contributed by atoms with Crippen LogP contribution in [0.5, 0.6) is 0 Å². The third-order valence-corrected chi connectivity index (χ3v) is 5.50. The van der Waals surface area contributed by atoms with Gasteiger partial charge in [-0.15, -0.1) is 0 Å². The Balaban J connectivity index is 1.33. The number of likely N-dealkylation sites (tertiary alicyclic amines) is 2. The van der Waals surface area contributed by atoms with Crippen LogP contribution < -0.4 is 0 Å². The number of benzene rings is 1. The number of hydrogen-bond donors (Lipinski definition) is 0. The summed E-state index contributed by atoms with van der Waals surface area (Å²) in [4.78, 5) is 5.00. The Kier molecular flexibility index (Phi) is 4.14. The highest BCUT2D eigenvalue weighted by molar-refractivity contribution is 5.21. The maximum absolute atomic E-state index is 13.3. The molecule has 0 amide bonds. The molecule has 0 aliphatic carbocycles. The van der Waals surface area contributed by atoms with Gasteiger partial charge >= 0.3 is 0 Å². The number of aromatic nitrogens is 1. The van der Waals surface area contributed by atoms with E-state index in [0.717, 1.165) is 68.1 Å². The summed E-state index contributed by atoms with van der Waals surface area (Å²) >= 11 is 0. The summed E-state index contributed by atoms with van der Waals surface area (Å²) in [5.41, 5.74) is 3.33. The fourth-order valence-electron chi connectivity index (χ4n) is 4.29. The van der Waals surface area contributed by atoms with Crippen LogP contribution in [0.25, 0.3) is 0 Å². The SMILES string of the molecule is Cc1noc(C)c1CN1CC2CN(Cc3cccc(F)c3)CC2C1. The van der Waals surface area contributed by atoms with Crippen LogP contribution in [0.2, 0.25) is 0 Å². The maximum Gasteiger partial charge on any atom is 0.138 e. The summed E-state index contributed by atoms with van der Waals surface area (Å²) in [6, 6.07) is 6.97. The Morgan fingerprint density at radius 2 is 1.75 bits per heavy atom. The molecule has 4 nitrogen and oxygen atoms in total. The van der Waals surface area contributed by atoms with Gasteiger partial charge in [-0.2, -0.15) is 0 Å². The van der Waals surface area contributed by atoms with E-state index in [1.807, 2.05) is 19.9 Å². The molecule has 2 fully saturated rings. The minimum Gasteiger partial charge on any atom is -0.361 e. The van der Waals surface area contributed by atoms with E-state index in [1.54, 1.807) is 12.1 Å². The van der Waals surface area contributed by atoms with Crippen LogP contribution in [0.15, 0.2) is 28.8 Å². The highest BCUT2D eigenvalue weighted by atomic mass is 19.1. The molecule has 2 aliphatic rings. The lowest BCUT2D eigenvalue weighted by molar-refractivity contribution is 0.245. The molecule has 2 unspecified atom stereocenters. The van der Waals surface area contributed by atoms with Crippen LogP contribution in [0.3, 0.4) is 0 Å². The second-order valence-electron chi connectivity index (χ2n) is 7.34. The number of rotatable bonds is 4.